The molecule has 1 fully saturated rings. The molecular weight excluding hydrogens is 380 g/mol. The highest BCUT2D eigenvalue weighted by Crippen LogP contribution is 2.20. The van der Waals surface area contributed by atoms with Crippen molar-refractivity contribution >= 4 is 29.5 Å². The molecule has 0 radical (unpaired) electrons. The molecule has 1 amide bonds. The van der Waals surface area contributed by atoms with E-state index in [2.05, 4.69) is 29.0 Å². The summed E-state index contributed by atoms with van der Waals surface area (Å²) in [6.07, 6.45) is 5.79. The molecular formula is C23H26N4O3. The number of benzene rings is 1. The van der Waals surface area contributed by atoms with E-state index in [1.807, 2.05) is 24.3 Å². The number of carbonyl (C=O) groups is 2. The van der Waals surface area contributed by atoms with Crippen molar-refractivity contribution in [3.63, 3.8) is 0 Å². The van der Waals surface area contributed by atoms with Crippen LogP contribution in [0.25, 0.3) is 12.2 Å². The number of amides is 1. The van der Waals surface area contributed by atoms with E-state index in [-0.39, 0.29) is 5.78 Å². The smallest absolute Gasteiger partial charge is 0.267 e. The highest BCUT2D eigenvalue weighted by Gasteiger charge is 2.21. The van der Waals surface area contributed by atoms with Gasteiger partial charge in [-0.1, -0.05) is 18.2 Å². The monoisotopic (exact) mass is 406 g/mol. The summed E-state index contributed by atoms with van der Waals surface area (Å²) in [5.41, 5.74) is 4.32. The van der Waals surface area contributed by atoms with E-state index >= 15 is 0 Å². The van der Waals surface area contributed by atoms with Crippen LogP contribution in [0.15, 0.2) is 54.6 Å². The second-order valence-corrected chi connectivity index (χ2v) is 7.42. The Kier molecular flexibility index (Phi) is 7.11. The molecule has 2 atom stereocenters. The predicted molar refractivity (Wildman–Crippen MR) is 117 cm³/mol. The Labute approximate surface area is 176 Å². The lowest BCUT2D eigenvalue weighted by Crippen LogP contribution is -2.54. The van der Waals surface area contributed by atoms with Crippen molar-refractivity contribution in [2.45, 2.75) is 25.9 Å². The van der Waals surface area contributed by atoms with Crippen LogP contribution in [-0.4, -0.2) is 47.1 Å². The minimum absolute atomic E-state index is 0.101. The average Bonchev–Trinajstić information content (AvgIpc) is 2.75. The number of allylic oxidation sites excluding steroid dienone is 1. The second kappa shape index (κ2) is 9.96. The number of pyridine rings is 1. The zero-order chi connectivity index (χ0) is 21.5. The molecule has 0 unspecified atom stereocenters. The maximum absolute atomic E-state index is 12.7. The Morgan fingerprint density at radius 2 is 1.70 bits per heavy atom. The van der Waals surface area contributed by atoms with Gasteiger partial charge in [-0.25, -0.2) is 10.5 Å². The van der Waals surface area contributed by atoms with Gasteiger partial charge in [0, 0.05) is 42.5 Å². The third-order valence-corrected chi connectivity index (χ3v) is 4.77. The second-order valence-electron chi connectivity index (χ2n) is 7.42. The Bertz CT molecular complexity index is 960. The van der Waals surface area contributed by atoms with Crippen LogP contribution < -0.4 is 15.7 Å². The Balaban J connectivity index is 1.71. The van der Waals surface area contributed by atoms with Crippen LogP contribution in [0.5, 0.6) is 0 Å². The van der Waals surface area contributed by atoms with E-state index in [1.54, 1.807) is 24.3 Å². The van der Waals surface area contributed by atoms with Gasteiger partial charge in [-0.05, 0) is 56.3 Å². The molecule has 1 aromatic heterocycles. The number of nitrogens with one attached hydrogen (secondary N) is 2. The molecule has 1 aliphatic rings. The van der Waals surface area contributed by atoms with E-state index in [4.69, 9.17) is 5.21 Å². The fraction of sp³-hybridized carbons (Fsp3) is 0.261. The molecule has 30 heavy (non-hydrogen) atoms. The minimum Gasteiger partial charge on any atom is -0.368 e. The molecule has 0 aliphatic carbocycles. The van der Waals surface area contributed by atoms with Crippen molar-refractivity contribution in [3.8, 4) is 0 Å². The van der Waals surface area contributed by atoms with Crippen molar-refractivity contribution in [2.75, 3.05) is 18.0 Å². The topological polar surface area (TPSA) is 94.6 Å². The molecule has 2 heterocycles. The van der Waals surface area contributed by atoms with Crippen LogP contribution in [-0.2, 0) is 4.79 Å². The van der Waals surface area contributed by atoms with Gasteiger partial charge in [-0.15, -0.1) is 0 Å². The van der Waals surface area contributed by atoms with Crippen LogP contribution in [0.3, 0.4) is 0 Å². The molecule has 1 aromatic carbocycles. The van der Waals surface area contributed by atoms with Gasteiger partial charge in [-0.2, -0.15) is 0 Å². The predicted octanol–water partition coefficient (Wildman–Crippen LogP) is 2.68. The highest BCUT2D eigenvalue weighted by atomic mass is 16.5. The first-order valence-corrected chi connectivity index (χ1v) is 9.87. The number of hydrogen-bond acceptors (Lipinski definition) is 6. The lowest BCUT2D eigenvalue weighted by atomic mass is 10.1. The summed E-state index contributed by atoms with van der Waals surface area (Å²) in [5.74, 6) is -0.739. The van der Waals surface area contributed by atoms with Crippen molar-refractivity contribution in [2.24, 2.45) is 0 Å². The van der Waals surface area contributed by atoms with Crippen LogP contribution in [0, 0.1) is 0 Å². The lowest BCUT2D eigenvalue weighted by molar-refractivity contribution is -0.124. The standard InChI is InChI=1S/C23H26N4O3/c1-16-14-27(15-17(2)24-16)21-8-3-5-18(13-21)22(28)11-9-19-6-4-7-20(25-19)10-12-23(29)26-30/h3-13,16-17,24,30H,14-15H2,1-2H3,(H,26,29)/t16-,17+. The van der Waals surface area contributed by atoms with Crippen molar-refractivity contribution in [1.82, 2.24) is 15.8 Å². The minimum atomic E-state index is -0.638. The van der Waals surface area contributed by atoms with E-state index in [0.29, 0.717) is 29.0 Å². The van der Waals surface area contributed by atoms with Crippen LogP contribution in [0.2, 0.25) is 0 Å². The molecule has 1 aliphatic heterocycles. The maximum atomic E-state index is 12.7. The number of anilines is 1. The zero-order valence-electron chi connectivity index (χ0n) is 17.1. The molecule has 156 valence electrons. The van der Waals surface area contributed by atoms with Gasteiger partial charge in [0.1, 0.15) is 0 Å². The number of nitrogens with zero attached hydrogens (tertiary/aromatic N) is 2. The zero-order valence-corrected chi connectivity index (χ0v) is 17.1. The van der Waals surface area contributed by atoms with Crippen molar-refractivity contribution in [3.05, 3.63) is 71.6 Å². The summed E-state index contributed by atoms with van der Waals surface area (Å²) < 4.78 is 0. The molecule has 2 aromatic rings. The van der Waals surface area contributed by atoms with Crippen LogP contribution in [0.1, 0.15) is 35.6 Å². The fourth-order valence-electron chi connectivity index (χ4n) is 3.50. The van der Waals surface area contributed by atoms with E-state index < -0.39 is 5.91 Å². The van der Waals surface area contributed by atoms with Crippen LogP contribution >= 0.6 is 0 Å². The first-order chi connectivity index (χ1) is 14.4. The van der Waals surface area contributed by atoms with Gasteiger partial charge in [0.15, 0.2) is 5.78 Å². The van der Waals surface area contributed by atoms with Gasteiger partial charge < -0.3 is 10.2 Å². The molecule has 7 heteroatoms. The summed E-state index contributed by atoms with van der Waals surface area (Å²) in [6.45, 7) is 6.12. The van der Waals surface area contributed by atoms with E-state index in [1.165, 1.54) is 23.7 Å². The lowest BCUT2D eigenvalue weighted by Gasteiger charge is -2.37. The number of hydrogen-bond donors (Lipinski definition) is 3. The summed E-state index contributed by atoms with van der Waals surface area (Å²) >= 11 is 0. The van der Waals surface area contributed by atoms with Crippen molar-refractivity contribution in [1.29, 1.82) is 0 Å². The SMILES string of the molecule is C[C@@H]1CN(c2cccc(C(=O)C=Cc3cccc(C=CC(=O)NO)n3)c2)C[C@H](C)N1. The molecule has 1 saturated heterocycles. The first-order valence-electron chi connectivity index (χ1n) is 9.87. The normalized spacial score (nSPS) is 19.4. The molecule has 3 rings (SSSR count). The molecule has 3 N–H and O–H groups in total. The van der Waals surface area contributed by atoms with Gasteiger partial charge in [-0.3, -0.25) is 14.8 Å². The fourth-order valence-corrected chi connectivity index (χ4v) is 3.50. The Morgan fingerprint density at radius 3 is 2.37 bits per heavy atom. The van der Waals surface area contributed by atoms with E-state index in [9.17, 15) is 9.59 Å². The summed E-state index contributed by atoms with van der Waals surface area (Å²) in [4.78, 5) is 30.4. The third kappa shape index (κ3) is 5.85. The first kappa shape index (κ1) is 21.4. The molecule has 7 nitrogen and oxygen atoms in total. The molecule has 0 bridgehead atoms. The molecule has 0 spiro atoms. The third-order valence-electron chi connectivity index (χ3n) is 4.77. The maximum Gasteiger partial charge on any atom is 0.267 e. The van der Waals surface area contributed by atoms with Gasteiger partial charge in [0.2, 0.25) is 0 Å². The summed E-state index contributed by atoms with van der Waals surface area (Å²) in [7, 11) is 0. The average molecular weight is 406 g/mol. The number of aromatic nitrogens is 1. The quantitative estimate of drug-likeness (QED) is 0.296. The van der Waals surface area contributed by atoms with Gasteiger partial charge in [0.25, 0.3) is 5.91 Å². The van der Waals surface area contributed by atoms with Gasteiger partial charge >= 0.3 is 0 Å². The Hall–Kier alpha value is -3.29. The highest BCUT2D eigenvalue weighted by molar-refractivity contribution is 6.07. The largest absolute Gasteiger partial charge is 0.368 e. The van der Waals surface area contributed by atoms with Gasteiger partial charge in [0.05, 0.1) is 11.4 Å². The Morgan fingerprint density at radius 1 is 1.07 bits per heavy atom. The summed E-state index contributed by atoms with van der Waals surface area (Å²) in [6, 6.07) is 13.7. The number of ketones is 1. The number of rotatable bonds is 6. The number of piperazine rings is 1. The number of carbonyl (C=O) groups excluding carboxylic acids is 2. The van der Waals surface area contributed by atoms with Crippen molar-refractivity contribution < 1.29 is 14.8 Å². The van der Waals surface area contributed by atoms with Crippen LogP contribution in [0.4, 0.5) is 5.69 Å². The molecule has 0 saturated carbocycles. The number of hydroxylamine groups is 1. The summed E-state index contributed by atoms with van der Waals surface area (Å²) in [5, 5.41) is 12.0. The van der Waals surface area contributed by atoms with E-state index in [0.717, 1.165) is 18.8 Å².